The van der Waals surface area contributed by atoms with E-state index in [1.807, 2.05) is 13.8 Å². The van der Waals surface area contributed by atoms with Crippen LogP contribution in [-0.2, 0) is 9.59 Å². The molecule has 2 atom stereocenters. The molecule has 0 aliphatic carbocycles. The maximum atomic E-state index is 12.3. The first-order valence-corrected chi connectivity index (χ1v) is 6.66. The molecular weight excluding hydrogens is 284 g/mol. The first-order valence-electron chi connectivity index (χ1n) is 5.87. The maximum absolute atomic E-state index is 12.3. The van der Waals surface area contributed by atoms with Crippen molar-refractivity contribution >= 4 is 27.7 Å². The quantitative estimate of drug-likeness (QED) is 0.858. The summed E-state index contributed by atoms with van der Waals surface area (Å²) in [6.07, 6.45) is 1.22. The molecule has 4 nitrogen and oxygen atoms in total. The van der Waals surface area contributed by atoms with Gasteiger partial charge in [0.05, 0.1) is 6.54 Å². The third-order valence-corrected chi connectivity index (χ3v) is 3.33. The lowest BCUT2D eigenvalue weighted by atomic mass is 9.98. The normalized spacial score (nSPS) is 23.0. The van der Waals surface area contributed by atoms with Crippen LogP contribution in [0.1, 0.15) is 26.7 Å². The van der Waals surface area contributed by atoms with Crippen molar-refractivity contribution in [2.24, 2.45) is 5.92 Å². The van der Waals surface area contributed by atoms with Gasteiger partial charge in [0.2, 0.25) is 11.8 Å². The van der Waals surface area contributed by atoms with Gasteiger partial charge in [-0.2, -0.15) is 0 Å². The fourth-order valence-electron chi connectivity index (χ4n) is 1.84. The van der Waals surface area contributed by atoms with E-state index in [0.29, 0.717) is 19.5 Å². The highest BCUT2D eigenvalue weighted by atomic mass is 79.9. The Balaban J connectivity index is 2.84. The number of hydrogen-bond acceptors (Lipinski definition) is 2. The van der Waals surface area contributed by atoms with Crippen LogP contribution in [-0.4, -0.2) is 35.8 Å². The van der Waals surface area contributed by atoms with Gasteiger partial charge >= 0.3 is 0 Å². The summed E-state index contributed by atoms with van der Waals surface area (Å²) in [5, 5.41) is 2.81. The van der Waals surface area contributed by atoms with E-state index in [0.717, 1.165) is 10.9 Å². The number of nitrogens with zero attached hydrogens (tertiary/aromatic N) is 1. The van der Waals surface area contributed by atoms with Crippen LogP contribution in [0.15, 0.2) is 11.1 Å². The number of nitrogens with one attached hydrogen (secondary N) is 1. The van der Waals surface area contributed by atoms with Crippen molar-refractivity contribution in [3.05, 3.63) is 11.1 Å². The van der Waals surface area contributed by atoms with Gasteiger partial charge in [-0.15, -0.1) is 0 Å². The summed E-state index contributed by atoms with van der Waals surface area (Å²) in [6, 6.07) is -0.401. The topological polar surface area (TPSA) is 49.4 Å². The minimum absolute atomic E-state index is 0.00852. The van der Waals surface area contributed by atoms with E-state index in [4.69, 9.17) is 0 Å². The lowest BCUT2D eigenvalue weighted by Crippen LogP contribution is -2.48. The number of amides is 2. The van der Waals surface area contributed by atoms with Gasteiger partial charge in [0.1, 0.15) is 6.04 Å². The summed E-state index contributed by atoms with van der Waals surface area (Å²) in [5.74, 6) is 0.0905. The van der Waals surface area contributed by atoms with Gasteiger partial charge in [-0.3, -0.25) is 9.59 Å². The molecule has 0 bridgehead atoms. The van der Waals surface area contributed by atoms with Gasteiger partial charge in [0.15, 0.2) is 0 Å². The van der Waals surface area contributed by atoms with Gasteiger partial charge in [0.25, 0.3) is 0 Å². The van der Waals surface area contributed by atoms with Crippen molar-refractivity contribution in [3.63, 3.8) is 0 Å². The molecular formula is C12H19BrN2O2. The largest absolute Gasteiger partial charge is 0.344 e. The fraction of sp³-hybridized carbons (Fsp3) is 0.667. The molecule has 0 radical (unpaired) electrons. The predicted octanol–water partition coefficient (Wildman–Crippen LogP) is 1.66. The Bertz CT molecular complexity index is 330. The van der Waals surface area contributed by atoms with E-state index in [9.17, 15) is 9.59 Å². The van der Waals surface area contributed by atoms with Crippen molar-refractivity contribution in [3.8, 4) is 0 Å². The molecule has 0 aromatic carbocycles. The third-order valence-electron chi connectivity index (χ3n) is 3.08. The minimum atomic E-state index is -0.401. The maximum Gasteiger partial charge on any atom is 0.245 e. The van der Waals surface area contributed by atoms with Crippen LogP contribution in [0.3, 0.4) is 0 Å². The lowest BCUT2D eigenvalue weighted by Gasteiger charge is -2.26. The highest BCUT2D eigenvalue weighted by Gasteiger charge is 2.32. The van der Waals surface area contributed by atoms with Crippen molar-refractivity contribution in [2.75, 3.05) is 13.1 Å². The smallest absolute Gasteiger partial charge is 0.245 e. The Morgan fingerprint density at radius 2 is 2.29 bits per heavy atom. The minimum Gasteiger partial charge on any atom is -0.344 e. The summed E-state index contributed by atoms with van der Waals surface area (Å²) in [4.78, 5) is 25.5. The summed E-state index contributed by atoms with van der Waals surface area (Å²) in [7, 11) is 0. The van der Waals surface area contributed by atoms with Crippen molar-refractivity contribution < 1.29 is 9.59 Å². The summed E-state index contributed by atoms with van der Waals surface area (Å²) < 4.78 is 0.753. The van der Waals surface area contributed by atoms with Crippen LogP contribution in [0, 0.1) is 5.92 Å². The summed E-state index contributed by atoms with van der Waals surface area (Å²) >= 11 is 3.26. The monoisotopic (exact) mass is 302 g/mol. The molecule has 96 valence electrons. The van der Waals surface area contributed by atoms with Crippen LogP contribution in [0.25, 0.3) is 0 Å². The van der Waals surface area contributed by atoms with Crippen molar-refractivity contribution in [2.45, 2.75) is 32.7 Å². The highest BCUT2D eigenvalue weighted by Crippen LogP contribution is 2.16. The summed E-state index contributed by atoms with van der Waals surface area (Å²) in [5.41, 5.74) is 0. The average Bonchev–Trinajstić information content (AvgIpc) is 2.40. The molecule has 1 saturated heterocycles. The highest BCUT2D eigenvalue weighted by molar-refractivity contribution is 9.11. The molecule has 2 unspecified atom stereocenters. The molecule has 17 heavy (non-hydrogen) atoms. The molecule has 0 aromatic rings. The Hall–Kier alpha value is -0.840. The Morgan fingerprint density at radius 1 is 1.65 bits per heavy atom. The van der Waals surface area contributed by atoms with Crippen molar-refractivity contribution in [1.82, 2.24) is 10.2 Å². The van der Waals surface area contributed by atoms with Crippen LogP contribution in [0.4, 0.5) is 0 Å². The molecule has 1 heterocycles. The third kappa shape index (κ3) is 3.84. The summed E-state index contributed by atoms with van der Waals surface area (Å²) in [6.45, 7) is 8.66. The van der Waals surface area contributed by atoms with Gasteiger partial charge in [0, 0.05) is 17.4 Å². The Morgan fingerprint density at radius 3 is 2.82 bits per heavy atom. The SMILES string of the molecule is C=C(Br)CN1CCC(=O)NC(C(C)CC)C1=O. The van der Waals surface area contributed by atoms with Gasteiger partial charge in [-0.05, 0) is 5.92 Å². The molecule has 0 aromatic heterocycles. The van der Waals surface area contributed by atoms with Gasteiger partial charge in [-0.25, -0.2) is 0 Å². The molecule has 1 fully saturated rings. The molecule has 1 rings (SSSR count). The number of carbonyl (C=O) groups is 2. The molecule has 0 spiro atoms. The number of carbonyl (C=O) groups excluding carboxylic acids is 2. The van der Waals surface area contributed by atoms with Crippen molar-refractivity contribution in [1.29, 1.82) is 0 Å². The zero-order valence-electron chi connectivity index (χ0n) is 10.3. The second kappa shape index (κ2) is 6.19. The van der Waals surface area contributed by atoms with Gasteiger partial charge in [-0.1, -0.05) is 42.8 Å². The Kier molecular flexibility index (Phi) is 5.18. The van der Waals surface area contributed by atoms with E-state index in [1.54, 1.807) is 4.90 Å². The van der Waals surface area contributed by atoms with E-state index >= 15 is 0 Å². The fourth-order valence-corrected chi connectivity index (χ4v) is 2.14. The number of halogens is 1. The zero-order valence-corrected chi connectivity index (χ0v) is 11.9. The molecule has 2 amide bonds. The first kappa shape index (κ1) is 14.2. The van der Waals surface area contributed by atoms with E-state index < -0.39 is 6.04 Å². The average molecular weight is 303 g/mol. The first-order chi connectivity index (χ1) is 7.95. The molecule has 0 saturated carbocycles. The standard InChI is InChI=1S/C12H19BrN2O2/c1-4-8(2)11-12(17)15(7-9(3)13)6-5-10(16)14-11/h8,11H,3-7H2,1-2H3,(H,14,16). The van der Waals surface area contributed by atoms with E-state index in [1.165, 1.54) is 0 Å². The predicted molar refractivity (Wildman–Crippen MR) is 70.6 cm³/mol. The second-order valence-corrected chi connectivity index (χ2v) is 5.58. The van der Waals surface area contributed by atoms with Crippen LogP contribution >= 0.6 is 15.9 Å². The molecule has 1 aliphatic heterocycles. The molecule has 1 N–H and O–H groups in total. The zero-order chi connectivity index (χ0) is 13.0. The molecule has 5 heteroatoms. The number of rotatable bonds is 4. The lowest BCUT2D eigenvalue weighted by molar-refractivity contribution is -0.134. The Labute approximate surface area is 111 Å². The van der Waals surface area contributed by atoms with Crippen LogP contribution in [0.5, 0.6) is 0 Å². The van der Waals surface area contributed by atoms with Crippen LogP contribution < -0.4 is 5.32 Å². The van der Waals surface area contributed by atoms with Gasteiger partial charge < -0.3 is 10.2 Å². The van der Waals surface area contributed by atoms with E-state index in [2.05, 4.69) is 27.8 Å². The van der Waals surface area contributed by atoms with E-state index in [-0.39, 0.29) is 17.7 Å². The second-order valence-electron chi connectivity index (χ2n) is 4.46. The molecule has 1 aliphatic rings. The number of hydrogen-bond donors (Lipinski definition) is 1. The van der Waals surface area contributed by atoms with Crippen LogP contribution in [0.2, 0.25) is 0 Å².